The summed E-state index contributed by atoms with van der Waals surface area (Å²) in [5, 5.41) is -1.11. The van der Waals surface area contributed by atoms with Gasteiger partial charge in [0.2, 0.25) is 10.8 Å². The van der Waals surface area contributed by atoms with E-state index >= 15 is 0 Å². The molecule has 0 N–H and O–H groups in total. The molecule has 5 rings (SSSR count). The summed E-state index contributed by atoms with van der Waals surface area (Å²) in [5.74, 6) is 0. The lowest BCUT2D eigenvalue weighted by atomic mass is 9.64. The zero-order chi connectivity index (χ0) is 26.7. The van der Waals surface area contributed by atoms with Gasteiger partial charge in [0, 0.05) is 0 Å². The Morgan fingerprint density at radius 2 is 1.08 bits per heavy atom. The summed E-state index contributed by atoms with van der Waals surface area (Å²) in [7, 11) is 0. The second-order valence-corrected chi connectivity index (χ2v) is 8.55. The Balaban J connectivity index is 2.12. The summed E-state index contributed by atoms with van der Waals surface area (Å²) in [4.78, 5) is 0. The molecule has 0 saturated heterocycles. The Morgan fingerprint density at radius 1 is 0.556 bits per heavy atom. The van der Waals surface area contributed by atoms with Gasteiger partial charge in [-0.3, -0.25) is 0 Å². The van der Waals surface area contributed by atoms with Crippen molar-refractivity contribution in [2.45, 2.75) is 30.1 Å². The Morgan fingerprint density at radius 3 is 1.64 bits per heavy atom. The van der Waals surface area contributed by atoms with Gasteiger partial charge < -0.3 is 0 Å². The maximum absolute atomic E-state index is 14.6. The maximum atomic E-state index is 14.6. The second kappa shape index (κ2) is 6.77. The van der Waals surface area contributed by atoms with E-state index in [-0.39, 0.29) is 5.22 Å². The third-order valence-electron chi connectivity index (χ3n) is 6.83. The first-order valence-electron chi connectivity index (χ1n) is 10.1. The van der Waals surface area contributed by atoms with Crippen molar-refractivity contribution in [1.29, 1.82) is 0 Å². The smallest absolute Gasteiger partial charge is 0.169 e. The number of hydrogen-bond donors (Lipinski definition) is 0. The van der Waals surface area contributed by atoms with Crippen LogP contribution in [0.4, 0.5) is 52.7 Å². The molecule has 12 heteroatoms. The summed E-state index contributed by atoms with van der Waals surface area (Å²) in [6, 6.07) is 6.92. The SMILES string of the molecule is FC(F)(F)C1(C(F)(F)F)C=C2C(=C3C=c4ccccc4=C31)C(C(F)(F)F)(C(F)(F)F)c1ccccc12. The van der Waals surface area contributed by atoms with Gasteiger partial charge in [-0.05, 0) is 56.0 Å². The number of benzene rings is 2. The van der Waals surface area contributed by atoms with Gasteiger partial charge in [-0.1, -0.05) is 48.5 Å². The molecule has 3 aliphatic carbocycles. The third kappa shape index (κ3) is 2.64. The maximum Gasteiger partial charge on any atom is 0.411 e. The van der Waals surface area contributed by atoms with Crippen molar-refractivity contribution in [2.24, 2.45) is 5.41 Å². The van der Waals surface area contributed by atoms with Crippen molar-refractivity contribution < 1.29 is 52.7 Å². The predicted octanol–water partition coefficient (Wildman–Crippen LogP) is 6.51. The van der Waals surface area contributed by atoms with Gasteiger partial charge in [-0.15, -0.1) is 0 Å². The van der Waals surface area contributed by atoms with E-state index in [2.05, 4.69) is 0 Å². The molecule has 0 nitrogen and oxygen atoms in total. The second-order valence-electron chi connectivity index (χ2n) is 8.55. The van der Waals surface area contributed by atoms with Crippen LogP contribution in [0.1, 0.15) is 11.1 Å². The number of fused-ring (bicyclic) bond motifs is 5. The number of allylic oxidation sites excluding steroid dienone is 4. The van der Waals surface area contributed by atoms with Crippen LogP contribution in [0.25, 0.3) is 17.2 Å². The van der Waals surface area contributed by atoms with Crippen molar-refractivity contribution in [3.63, 3.8) is 0 Å². The first-order valence-corrected chi connectivity index (χ1v) is 10.1. The molecule has 0 unspecified atom stereocenters. The standard InChI is InChI=1S/C24H10F12/c25-21(26,27)19(22(28,29)30)10-15-13-7-3-4-8-16(13)20(23(31,32)33,24(34,35)36)18(15)14-9-11-5-1-2-6-12(11)17(14)19/h1-10H. The molecule has 2 aromatic carbocycles. The molecule has 0 amide bonds. The minimum Gasteiger partial charge on any atom is -0.169 e. The Kier molecular flexibility index (Phi) is 4.61. The van der Waals surface area contributed by atoms with E-state index in [4.69, 9.17) is 0 Å². The van der Waals surface area contributed by atoms with Gasteiger partial charge in [0.05, 0.1) is 0 Å². The molecule has 0 saturated carbocycles. The first-order chi connectivity index (χ1) is 16.4. The average molecular weight is 526 g/mol. The number of alkyl halides is 12. The third-order valence-corrected chi connectivity index (χ3v) is 6.83. The highest BCUT2D eigenvalue weighted by Crippen LogP contribution is 2.71. The van der Waals surface area contributed by atoms with Gasteiger partial charge >= 0.3 is 24.7 Å². The highest BCUT2D eigenvalue weighted by molar-refractivity contribution is 6.04. The molecule has 0 bridgehead atoms. The topological polar surface area (TPSA) is 0 Å². The largest absolute Gasteiger partial charge is 0.411 e. The van der Waals surface area contributed by atoms with Crippen LogP contribution in [0.15, 0.2) is 65.8 Å². The lowest BCUT2D eigenvalue weighted by molar-refractivity contribution is -0.298. The van der Waals surface area contributed by atoms with E-state index in [0.717, 1.165) is 30.3 Å². The quantitative estimate of drug-likeness (QED) is 0.344. The van der Waals surface area contributed by atoms with Gasteiger partial charge in [-0.25, -0.2) is 0 Å². The molecule has 36 heavy (non-hydrogen) atoms. The zero-order valence-electron chi connectivity index (χ0n) is 17.3. The van der Waals surface area contributed by atoms with Crippen LogP contribution in [0.2, 0.25) is 0 Å². The highest BCUT2D eigenvalue weighted by atomic mass is 19.4. The van der Waals surface area contributed by atoms with Crippen LogP contribution in [0.5, 0.6) is 0 Å². The van der Waals surface area contributed by atoms with Crippen LogP contribution < -0.4 is 10.4 Å². The number of rotatable bonds is 0. The van der Waals surface area contributed by atoms with Crippen molar-refractivity contribution in [3.8, 4) is 0 Å². The normalized spacial score (nSPS) is 20.3. The molecule has 0 radical (unpaired) electrons. The molecule has 0 aromatic heterocycles. The lowest BCUT2D eigenvalue weighted by Gasteiger charge is -2.43. The summed E-state index contributed by atoms with van der Waals surface area (Å²) < 4.78 is 174. The Hall–Kier alpha value is -3.18. The number of hydrogen-bond acceptors (Lipinski definition) is 0. The molecule has 0 fully saturated rings. The lowest BCUT2D eigenvalue weighted by Crippen LogP contribution is -2.56. The summed E-state index contributed by atoms with van der Waals surface area (Å²) in [5.41, 5.74) is -18.4. The monoisotopic (exact) mass is 526 g/mol. The van der Waals surface area contributed by atoms with Crippen LogP contribution in [0.3, 0.4) is 0 Å². The summed E-state index contributed by atoms with van der Waals surface area (Å²) in [6.45, 7) is 0. The van der Waals surface area contributed by atoms with Crippen LogP contribution in [0, 0.1) is 5.41 Å². The van der Waals surface area contributed by atoms with E-state index in [1.807, 2.05) is 0 Å². The highest BCUT2D eigenvalue weighted by Gasteiger charge is 2.80. The van der Waals surface area contributed by atoms with Crippen molar-refractivity contribution >= 4 is 17.2 Å². The first kappa shape index (κ1) is 24.5. The predicted molar refractivity (Wildman–Crippen MR) is 103 cm³/mol. The summed E-state index contributed by atoms with van der Waals surface area (Å²) in [6.07, 6.45) is -24.6. The van der Waals surface area contributed by atoms with Crippen LogP contribution in [-0.2, 0) is 5.41 Å². The molecule has 190 valence electrons. The minimum atomic E-state index is -6.16. The Labute approximate surface area is 193 Å². The molecule has 0 atom stereocenters. The van der Waals surface area contributed by atoms with Crippen molar-refractivity contribution in [1.82, 2.24) is 0 Å². The van der Waals surface area contributed by atoms with E-state index < -0.39 is 80.2 Å². The summed E-state index contributed by atoms with van der Waals surface area (Å²) >= 11 is 0. The fourth-order valence-corrected chi connectivity index (χ4v) is 5.50. The zero-order valence-corrected chi connectivity index (χ0v) is 17.3. The van der Waals surface area contributed by atoms with Gasteiger partial charge in [0.1, 0.15) is 0 Å². The van der Waals surface area contributed by atoms with E-state index in [1.54, 1.807) is 0 Å². The fourth-order valence-electron chi connectivity index (χ4n) is 5.50. The van der Waals surface area contributed by atoms with Crippen molar-refractivity contribution in [2.75, 3.05) is 0 Å². The molecule has 2 aromatic rings. The molecule has 0 spiro atoms. The van der Waals surface area contributed by atoms with Crippen LogP contribution in [-0.4, -0.2) is 24.7 Å². The molecular weight excluding hydrogens is 516 g/mol. The van der Waals surface area contributed by atoms with Crippen molar-refractivity contribution in [3.05, 3.63) is 87.3 Å². The molecule has 3 aliphatic rings. The number of halogens is 12. The Bertz CT molecular complexity index is 1440. The van der Waals surface area contributed by atoms with Gasteiger partial charge in [-0.2, -0.15) is 52.7 Å². The van der Waals surface area contributed by atoms with Crippen LogP contribution >= 0.6 is 0 Å². The molecular formula is C24H10F12. The van der Waals surface area contributed by atoms with E-state index in [9.17, 15) is 52.7 Å². The molecule has 0 heterocycles. The minimum absolute atomic E-state index is 0.364. The van der Waals surface area contributed by atoms with E-state index in [0.29, 0.717) is 18.2 Å². The van der Waals surface area contributed by atoms with Gasteiger partial charge in [0.15, 0.2) is 0 Å². The van der Waals surface area contributed by atoms with E-state index in [1.165, 1.54) is 6.07 Å². The van der Waals surface area contributed by atoms with Gasteiger partial charge in [0.25, 0.3) is 0 Å². The fraction of sp³-hybridized carbons (Fsp3) is 0.250. The average Bonchev–Trinajstić information content (AvgIpc) is 3.25. The molecule has 0 aliphatic heterocycles.